The smallest absolute Gasteiger partial charge is 0.408 e. The van der Waals surface area contributed by atoms with E-state index in [-0.39, 0.29) is 17.7 Å². The van der Waals surface area contributed by atoms with Gasteiger partial charge in [-0.15, -0.1) is 0 Å². The average molecular weight is 526 g/mol. The van der Waals surface area contributed by atoms with Crippen molar-refractivity contribution in [2.75, 3.05) is 19.0 Å². The fourth-order valence-electron chi connectivity index (χ4n) is 3.93. The van der Waals surface area contributed by atoms with Crippen molar-refractivity contribution in [2.45, 2.75) is 79.0 Å². The van der Waals surface area contributed by atoms with E-state index < -0.39 is 23.8 Å². The lowest BCUT2D eigenvalue weighted by atomic mass is 9.98. The molecule has 2 aromatic rings. The first-order valence-electron chi connectivity index (χ1n) is 13.2. The predicted molar refractivity (Wildman–Crippen MR) is 150 cm³/mol. The van der Waals surface area contributed by atoms with E-state index in [2.05, 4.69) is 10.6 Å². The number of carbonyl (C=O) groups excluding carboxylic acids is 3. The monoisotopic (exact) mass is 525 g/mol. The zero-order valence-corrected chi connectivity index (χ0v) is 24.0. The molecule has 2 rings (SSSR count). The maximum atomic E-state index is 14.1. The van der Waals surface area contributed by atoms with Crippen molar-refractivity contribution >= 4 is 23.6 Å². The van der Waals surface area contributed by atoms with Gasteiger partial charge in [0.2, 0.25) is 5.91 Å². The van der Waals surface area contributed by atoms with Gasteiger partial charge in [0.05, 0.1) is 7.11 Å². The number of amides is 3. The Bertz CT molecular complexity index is 1060. The zero-order chi connectivity index (χ0) is 28.5. The SMILES string of the molecule is CCCCN(C(=O)C(NC(=O)OC(C)(C)C)C(C)C)C(C(=O)Nc1ccc(OC)cc1)c1ccc(C)cc1. The maximum Gasteiger partial charge on any atom is 0.408 e. The summed E-state index contributed by atoms with van der Waals surface area (Å²) in [4.78, 5) is 42.1. The molecule has 38 heavy (non-hydrogen) atoms. The first-order valence-corrected chi connectivity index (χ1v) is 13.2. The van der Waals surface area contributed by atoms with E-state index >= 15 is 0 Å². The Labute approximate surface area is 227 Å². The number of alkyl carbamates (subject to hydrolysis) is 1. The van der Waals surface area contributed by atoms with E-state index in [9.17, 15) is 14.4 Å². The van der Waals surface area contributed by atoms with Crippen LogP contribution in [0.5, 0.6) is 5.75 Å². The number of aryl methyl sites for hydroxylation is 1. The lowest BCUT2D eigenvalue weighted by Crippen LogP contribution is -2.54. The third-order valence-electron chi connectivity index (χ3n) is 5.95. The van der Waals surface area contributed by atoms with E-state index in [1.165, 1.54) is 0 Å². The minimum absolute atomic E-state index is 0.234. The first kappa shape index (κ1) is 30.7. The molecule has 2 atom stereocenters. The van der Waals surface area contributed by atoms with E-state index in [0.717, 1.165) is 12.0 Å². The molecule has 0 spiro atoms. The summed E-state index contributed by atoms with van der Waals surface area (Å²) in [5.41, 5.74) is 1.61. The molecule has 0 saturated heterocycles. The molecule has 2 aromatic carbocycles. The Morgan fingerprint density at radius 1 is 0.974 bits per heavy atom. The summed E-state index contributed by atoms with van der Waals surface area (Å²) in [6.07, 6.45) is 0.854. The van der Waals surface area contributed by atoms with Gasteiger partial charge in [0.15, 0.2) is 0 Å². The number of hydrogen-bond acceptors (Lipinski definition) is 5. The summed E-state index contributed by atoms with van der Waals surface area (Å²) in [5.74, 6) is -0.244. The molecular weight excluding hydrogens is 482 g/mol. The van der Waals surface area contributed by atoms with E-state index in [1.54, 1.807) is 57.0 Å². The third-order valence-corrected chi connectivity index (χ3v) is 5.95. The van der Waals surface area contributed by atoms with Crippen molar-refractivity contribution in [2.24, 2.45) is 5.92 Å². The van der Waals surface area contributed by atoms with Gasteiger partial charge in [-0.2, -0.15) is 0 Å². The third kappa shape index (κ3) is 9.08. The summed E-state index contributed by atoms with van der Waals surface area (Å²) in [6, 6.07) is 12.8. The van der Waals surface area contributed by atoms with Crippen LogP contribution in [0, 0.1) is 12.8 Å². The molecule has 0 aromatic heterocycles. The summed E-state index contributed by atoms with van der Waals surface area (Å²) in [7, 11) is 1.58. The number of ether oxygens (including phenoxy) is 2. The standard InChI is InChI=1S/C30H43N3O5/c1-9-10-19-33(28(35)25(20(2)3)32-29(36)38-30(5,6)7)26(22-13-11-21(4)12-14-22)27(34)31-23-15-17-24(37-8)18-16-23/h11-18,20,25-26H,9-10,19H2,1-8H3,(H,31,34)(H,32,36). The van der Waals surface area contributed by atoms with Gasteiger partial charge >= 0.3 is 6.09 Å². The number of benzene rings is 2. The van der Waals surface area contributed by atoms with Crippen molar-refractivity contribution < 1.29 is 23.9 Å². The van der Waals surface area contributed by atoms with Crippen LogP contribution in [-0.4, -0.2) is 48.1 Å². The second-order valence-electron chi connectivity index (χ2n) is 10.8. The topological polar surface area (TPSA) is 97.0 Å². The average Bonchev–Trinajstić information content (AvgIpc) is 2.84. The highest BCUT2D eigenvalue weighted by atomic mass is 16.6. The van der Waals surface area contributed by atoms with Crippen molar-refractivity contribution in [1.29, 1.82) is 0 Å². The molecule has 0 saturated carbocycles. The minimum atomic E-state index is -0.904. The minimum Gasteiger partial charge on any atom is -0.497 e. The second-order valence-corrected chi connectivity index (χ2v) is 10.8. The molecule has 3 amide bonds. The quantitative estimate of drug-likeness (QED) is 0.383. The second kappa shape index (κ2) is 13.8. The Kier molecular flexibility index (Phi) is 11.2. The van der Waals surface area contributed by atoms with Crippen LogP contribution >= 0.6 is 0 Å². The van der Waals surface area contributed by atoms with Crippen molar-refractivity contribution in [3.05, 3.63) is 59.7 Å². The fourth-order valence-corrected chi connectivity index (χ4v) is 3.93. The van der Waals surface area contributed by atoms with E-state index in [1.807, 2.05) is 52.0 Å². The molecule has 8 heteroatoms. The van der Waals surface area contributed by atoms with Gasteiger partial charge in [0.1, 0.15) is 23.4 Å². The van der Waals surface area contributed by atoms with Crippen LogP contribution in [0.2, 0.25) is 0 Å². The Hall–Kier alpha value is -3.55. The van der Waals surface area contributed by atoms with Gasteiger partial charge in [-0.3, -0.25) is 9.59 Å². The molecular formula is C30H43N3O5. The molecule has 0 radical (unpaired) electrons. The highest BCUT2D eigenvalue weighted by molar-refractivity contribution is 5.99. The van der Waals surface area contributed by atoms with Crippen LogP contribution in [0.25, 0.3) is 0 Å². The van der Waals surface area contributed by atoms with Crippen LogP contribution in [-0.2, 0) is 14.3 Å². The van der Waals surface area contributed by atoms with Gasteiger partial charge in [0, 0.05) is 12.2 Å². The van der Waals surface area contributed by atoms with Crippen molar-refractivity contribution in [3.63, 3.8) is 0 Å². The molecule has 0 aliphatic heterocycles. The van der Waals surface area contributed by atoms with Crippen molar-refractivity contribution in [1.82, 2.24) is 10.2 Å². The normalized spacial score (nSPS) is 12.9. The molecule has 0 heterocycles. The fraction of sp³-hybridized carbons (Fsp3) is 0.500. The number of nitrogens with one attached hydrogen (secondary N) is 2. The summed E-state index contributed by atoms with van der Waals surface area (Å²) >= 11 is 0. The summed E-state index contributed by atoms with van der Waals surface area (Å²) < 4.78 is 10.6. The molecule has 0 aliphatic rings. The molecule has 0 bridgehead atoms. The summed E-state index contributed by atoms with van der Waals surface area (Å²) in [6.45, 7) is 13.4. The number of unbranched alkanes of at least 4 members (excludes halogenated alkanes) is 1. The molecule has 8 nitrogen and oxygen atoms in total. The highest BCUT2D eigenvalue weighted by Gasteiger charge is 2.37. The number of anilines is 1. The predicted octanol–water partition coefficient (Wildman–Crippen LogP) is 5.86. The van der Waals surface area contributed by atoms with Crippen LogP contribution in [0.1, 0.15) is 71.6 Å². The van der Waals surface area contributed by atoms with Gasteiger partial charge in [0.25, 0.3) is 5.91 Å². The number of rotatable bonds is 11. The number of hydrogen-bond donors (Lipinski definition) is 2. The van der Waals surface area contributed by atoms with Gasteiger partial charge in [-0.05, 0) is 69.9 Å². The Balaban J connectivity index is 2.48. The Morgan fingerprint density at radius 3 is 2.08 bits per heavy atom. The van der Waals surface area contributed by atoms with Crippen LogP contribution < -0.4 is 15.4 Å². The lowest BCUT2D eigenvalue weighted by Gasteiger charge is -2.35. The van der Waals surface area contributed by atoms with Gasteiger partial charge < -0.3 is 25.0 Å². The maximum absolute atomic E-state index is 14.1. The zero-order valence-electron chi connectivity index (χ0n) is 24.0. The molecule has 0 fully saturated rings. The summed E-state index contributed by atoms with van der Waals surface area (Å²) in [5, 5.41) is 5.71. The van der Waals surface area contributed by atoms with Crippen molar-refractivity contribution in [3.8, 4) is 5.75 Å². The van der Waals surface area contributed by atoms with E-state index in [4.69, 9.17) is 9.47 Å². The van der Waals surface area contributed by atoms with E-state index in [0.29, 0.717) is 30.0 Å². The van der Waals surface area contributed by atoms with Crippen LogP contribution in [0.15, 0.2) is 48.5 Å². The molecule has 208 valence electrons. The molecule has 0 aliphatic carbocycles. The number of carbonyl (C=O) groups is 3. The first-order chi connectivity index (χ1) is 17.9. The van der Waals surface area contributed by atoms with Gasteiger partial charge in [-0.1, -0.05) is 57.0 Å². The van der Waals surface area contributed by atoms with Crippen LogP contribution in [0.3, 0.4) is 0 Å². The van der Waals surface area contributed by atoms with Crippen LogP contribution in [0.4, 0.5) is 10.5 Å². The lowest BCUT2D eigenvalue weighted by molar-refractivity contribution is -0.141. The Morgan fingerprint density at radius 2 is 1.58 bits per heavy atom. The number of nitrogens with zero attached hydrogens (tertiary/aromatic N) is 1. The highest BCUT2D eigenvalue weighted by Crippen LogP contribution is 2.27. The molecule has 2 N–H and O–H groups in total. The largest absolute Gasteiger partial charge is 0.497 e. The molecule has 2 unspecified atom stereocenters. The number of methoxy groups -OCH3 is 1. The van der Waals surface area contributed by atoms with Gasteiger partial charge in [-0.25, -0.2) is 4.79 Å².